The monoisotopic (exact) mass is 388 g/mol. The molecule has 0 aliphatic rings. The highest BCUT2D eigenvalue weighted by Crippen LogP contribution is 2.24. The van der Waals surface area contributed by atoms with Gasteiger partial charge in [-0.05, 0) is 11.6 Å². The molecule has 1 aromatic heterocycles. The number of non-ortho nitro benzene ring substituents is 1. The fourth-order valence-electron chi connectivity index (χ4n) is 2.26. The average molecular weight is 389 g/mol. The van der Waals surface area contributed by atoms with Crippen molar-refractivity contribution in [3.63, 3.8) is 0 Å². The van der Waals surface area contributed by atoms with Crippen LogP contribution in [0.3, 0.4) is 0 Å². The average Bonchev–Trinajstić information content (AvgIpc) is 3.08. The third-order valence-electron chi connectivity index (χ3n) is 3.52. The molecule has 0 saturated carbocycles. The number of nitro groups is 1. The van der Waals surface area contributed by atoms with Gasteiger partial charge in [0.05, 0.1) is 15.7 Å². The minimum atomic E-state index is -0.564. The molecule has 0 amide bonds. The second-order valence-electron chi connectivity index (χ2n) is 5.36. The summed E-state index contributed by atoms with van der Waals surface area (Å²) in [4.78, 5) is 26.9. The molecule has 0 atom stereocenters. The third kappa shape index (κ3) is 4.47. The molecule has 3 aromatic rings. The Hall–Kier alpha value is -2.71. The molecule has 0 fully saturated rings. The van der Waals surface area contributed by atoms with E-state index in [-0.39, 0.29) is 27.8 Å². The van der Waals surface area contributed by atoms with Crippen LogP contribution in [0.5, 0.6) is 0 Å². The van der Waals surface area contributed by atoms with Crippen molar-refractivity contribution >= 4 is 34.8 Å². The van der Waals surface area contributed by atoms with Gasteiger partial charge in [0.1, 0.15) is 5.82 Å². The van der Waals surface area contributed by atoms with Gasteiger partial charge in [-0.3, -0.25) is 20.0 Å². The third-order valence-corrected chi connectivity index (χ3v) is 4.70. The van der Waals surface area contributed by atoms with Crippen molar-refractivity contribution in [3.05, 3.63) is 80.6 Å². The SMILES string of the molecule is O=C(CSc1n[nH]c(Cc2ccccc2)n1)c1cc([N+](=O)[O-])ccc1Cl. The second kappa shape index (κ2) is 8.11. The van der Waals surface area contributed by atoms with Gasteiger partial charge < -0.3 is 0 Å². The summed E-state index contributed by atoms with van der Waals surface area (Å²) in [6, 6.07) is 13.6. The number of rotatable bonds is 7. The van der Waals surface area contributed by atoms with Crippen molar-refractivity contribution in [1.29, 1.82) is 0 Å². The first-order valence-corrected chi connectivity index (χ1v) is 8.94. The van der Waals surface area contributed by atoms with Crippen LogP contribution in [0.2, 0.25) is 5.02 Å². The van der Waals surface area contributed by atoms with Gasteiger partial charge in [-0.1, -0.05) is 53.7 Å². The van der Waals surface area contributed by atoms with E-state index in [0.717, 1.165) is 17.3 Å². The van der Waals surface area contributed by atoms with Crippen molar-refractivity contribution in [2.45, 2.75) is 11.6 Å². The molecule has 0 spiro atoms. The van der Waals surface area contributed by atoms with Crippen LogP contribution in [0.4, 0.5) is 5.69 Å². The zero-order valence-corrected chi connectivity index (χ0v) is 15.0. The number of halogens is 1. The maximum absolute atomic E-state index is 12.3. The van der Waals surface area contributed by atoms with E-state index in [1.807, 2.05) is 30.3 Å². The standard InChI is InChI=1S/C17H13ClN4O3S/c18-14-7-6-12(22(24)25)9-13(14)15(23)10-26-17-19-16(20-21-17)8-11-4-2-1-3-5-11/h1-7,9H,8,10H2,(H,19,20,21). The molecule has 1 N–H and O–H groups in total. The van der Waals surface area contributed by atoms with Crippen molar-refractivity contribution in [1.82, 2.24) is 15.2 Å². The molecule has 0 bridgehead atoms. The Bertz CT molecular complexity index is 946. The van der Waals surface area contributed by atoms with Gasteiger partial charge in [0.15, 0.2) is 5.78 Å². The highest BCUT2D eigenvalue weighted by atomic mass is 35.5. The summed E-state index contributed by atoms with van der Waals surface area (Å²) in [6.45, 7) is 0. The van der Waals surface area contributed by atoms with Crippen LogP contribution in [0, 0.1) is 10.1 Å². The van der Waals surface area contributed by atoms with Gasteiger partial charge >= 0.3 is 0 Å². The van der Waals surface area contributed by atoms with E-state index in [1.54, 1.807) is 0 Å². The number of nitrogens with one attached hydrogen (secondary N) is 1. The van der Waals surface area contributed by atoms with Gasteiger partial charge in [0, 0.05) is 24.1 Å². The molecule has 0 aliphatic heterocycles. The van der Waals surface area contributed by atoms with Crippen LogP contribution < -0.4 is 0 Å². The molecule has 2 aromatic carbocycles. The van der Waals surface area contributed by atoms with Crippen LogP contribution in [0.15, 0.2) is 53.7 Å². The minimum absolute atomic E-state index is 0.0313. The Morgan fingerprint density at radius 1 is 1.23 bits per heavy atom. The number of thioether (sulfide) groups is 1. The number of carbonyl (C=O) groups is 1. The van der Waals surface area contributed by atoms with E-state index >= 15 is 0 Å². The summed E-state index contributed by atoms with van der Waals surface area (Å²) in [7, 11) is 0. The number of ketones is 1. The van der Waals surface area contributed by atoms with Crippen molar-refractivity contribution < 1.29 is 9.72 Å². The normalized spacial score (nSPS) is 10.7. The summed E-state index contributed by atoms with van der Waals surface area (Å²) in [6.07, 6.45) is 0.610. The number of carbonyl (C=O) groups excluding carboxylic acids is 1. The highest BCUT2D eigenvalue weighted by Gasteiger charge is 2.17. The molecule has 0 saturated heterocycles. The molecule has 3 rings (SSSR count). The maximum atomic E-state index is 12.3. The van der Waals surface area contributed by atoms with E-state index in [1.165, 1.54) is 18.2 Å². The Kier molecular flexibility index (Phi) is 5.65. The smallest absolute Gasteiger partial charge is 0.270 e. The lowest BCUT2D eigenvalue weighted by atomic mass is 10.1. The minimum Gasteiger partial charge on any atom is -0.293 e. The van der Waals surface area contributed by atoms with E-state index in [0.29, 0.717) is 17.4 Å². The zero-order chi connectivity index (χ0) is 18.5. The summed E-state index contributed by atoms with van der Waals surface area (Å²) >= 11 is 7.13. The summed E-state index contributed by atoms with van der Waals surface area (Å²) < 4.78 is 0. The predicted octanol–water partition coefficient (Wildman–Crippen LogP) is 3.93. The summed E-state index contributed by atoms with van der Waals surface area (Å²) in [5.74, 6) is 0.404. The number of hydrogen-bond donors (Lipinski definition) is 1. The lowest BCUT2D eigenvalue weighted by Gasteiger charge is -2.02. The number of benzene rings is 2. The van der Waals surface area contributed by atoms with Crippen LogP contribution in [-0.4, -0.2) is 31.6 Å². The predicted molar refractivity (Wildman–Crippen MR) is 98.8 cm³/mol. The number of H-pyrrole nitrogens is 1. The Morgan fingerprint density at radius 2 is 2.00 bits per heavy atom. The number of Topliss-reactive ketones (excluding diaryl/α,β-unsaturated/α-hetero) is 1. The fourth-order valence-corrected chi connectivity index (χ4v) is 3.18. The number of nitrogens with zero attached hydrogens (tertiary/aromatic N) is 3. The molecular formula is C17H13ClN4O3S. The lowest BCUT2D eigenvalue weighted by molar-refractivity contribution is -0.384. The van der Waals surface area contributed by atoms with E-state index in [4.69, 9.17) is 11.6 Å². The summed E-state index contributed by atoms with van der Waals surface area (Å²) in [5, 5.41) is 18.4. The quantitative estimate of drug-likeness (QED) is 0.285. The Labute approximate surface area is 157 Å². The van der Waals surface area contributed by atoms with Gasteiger partial charge in [0.2, 0.25) is 5.16 Å². The number of nitro benzene ring substituents is 1. The first-order chi connectivity index (χ1) is 12.5. The molecule has 9 heteroatoms. The van der Waals surface area contributed by atoms with Crippen molar-refractivity contribution in [3.8, 4) is 0 Å². The highest BCUT2D eigenvalue weighted by molar-refractivity contribution is 7.99. The maximum Gasteiger partial charge on any atom is 0.270 e. The van der Waals surface area contributed by atoms with Gasteiger partial charge in [0.25, 0.3) is 5.69 Å². The molecule has 7 nitrogen and oxygen atoms in total. The number of aromatic amines is 1. The van der Waals surface area contributed by atoms with Crippen molar-refractivity contribution in [2.75, 3.05) is 5.75 Å². The van der Waals surface area contributed by atoms with Crippen LogP contribution in [0.1, 0.15) is 21.7 Å². The molecule has 132 valence electrons. The first kappa shape index (κ1) is 18.1. The summed E-state index contributed by atoms with van der Waals surface area (Å²) in [5.41, 5.74) is 1.04. The number of aromatic nitrogens is 3. The van der Waals surface area contributed by atoms with Crippen molar-refractivity contribution in [2.24, 2.45) is 0 Å². The molecule has 0 unspecified atom stereocenters. The molecule has 1 heterocycles. The second-order valence-corrected chi connectivity index (χ2v) is 6.71. The number of hydrogen-bond acceptors (Lipinski definition) is 6. The van der Waals surface area contributed by atoms with E-state index < -0.39 is 4.92 Å². The Balaban J connectivity index is 1.63. The largest absolute Gasteiger partial charge is 0.293 e. The first-order valence-electron chi connectivity index (χ1n) is 7.58. The van der Waals surface area contributed by atoms with Crippen LogP contribution in [-0.2, 0) is 6.42 Å². The topological polar surface area (TPSA) is 102 Å². The van der Waals surface area contributed by atoms with Crippen LogP contribution >= 0.6 is 23.4 Å². The zero-order valence-electron chi connectivity index (χ0n) is 13.4. The molecular weight excluding hydrogens is 376 g/mol. The molecule has 26 heavy (non-hydrogen) atoms. The molecule has 0 aliphatic carbocycles. The van der Waals surface area contributed by atoms with Gasteiger partial charge in [-0.2, -0.15) is 0 Å². The van der Waals surface area contributed by atoms with E-state index in [2.05, 4.69) is 15.2 Å². The Morgan fingerprint density at radius 3 is 2.73 bits per heavy atom. The lowest BCUT2D eigenvalue weighted by Crippen LogP contribution is -2.04. The fraction of sp³-hybridized carbons (Fsp3) is 0.118. The van der Waals surface area contributed by atoms with E-state index in [9.17, 15) is 14.9 Å². The molecule has 0 radical (unpaired) electrons. The van der Waals surface area contributed by atoms with Gasteiger partial charge in [-0.15, -0.1) is 5.10 Å². The van der Waals surface area contributed by atoms with Gasteiger partial charge in [-0.25, -0.2) is 4.98 Å². The van der Waals surface area contributed by atoms with Crippen LogP contribution in [0.25, 0.3) is 0 Å².